The maximum atomic E-state index is 12.9. The number of unbranched alkanes of at least 4 members (excludes halogenated alkanes) is 32. The van der Waals surface area contributed by atoms with Crippen LogP contribution in [0, 0.1) is 0 Å². The van der Waals surface area contributed by atoms with E-state index in [9.17, 15) is 14.4 Å². The number of rotatable bonds is 61. The van der Waals surface area contributed by atoms with Crippen LogP contribution < -0.4 is 0 Å². The molecule has 0 aliphatic carbocycles. The Morgan fingerprint density at radius 2 is 0.487 bits per heavy atom. The third kappa shape index (κ3) is 64.9. The number of carbonyl (C=O) groups excluding carboxylic acids is 3. The van der Waals surface area contributed by atoms with Crippen LogP contribution in [0.5, 0.6) is 0 Å². The van der Waals surface area contributed by atoms with E-state index in [-0.39, 0.29) is 31.1 Å². The molecule has 1 atom stereocenters. The summed E-state index contributed by atoms with van der Waals surface area (Å²) in [6.45, 7) is 6.37. The number of allylic oxidation sites excluding steroid dienone is 18. The van der Waals surface area contributed by atoms with Crippen LogP contribution in [0.4, 0.5) is 0 Å². The number of hydrogen-bond acceptors (Lipinski definition) is 6. The lowest BCUT2D eigenvalue weighted by Gasteiger charge is -2.18. The predicted octanol–water partition coefficient (Wildman–Crippen LogP) is 23.4. The van der Waals surface area contributed by atoms with Gasteiger partial charge in [-0.25, -0.2) is 0 Å². The minimum Gasteiger partial charge on any atom is -0.462 e. The summed E-state index contributed by atoms with van der Waals surface area (Å²) in [7, 11) is 0. The van der Waals surface area contributed by atoms with Gasteiger partial charge in [-0.3, -0.25) is 14.4 Å². The quantitative estimate of drug-likeness (QED) is 0.0261. The molecule has 0 aromatic rings. The normalized spacial score (nSPS) is 12.8. The van der Waals surface area contributed by atoms with Crippen LogP contribution >= 0.6 is 0 Å². The molecule has 0 aromatic carbocycles. The highest BCUT2D eigenvalue weighted by Crippen LogP contribution is 2.17. The Balaban J connectivity index is 4.20. The molecule has 0 saturated carbocycles. The fourth-order valence-electron chi connectivity index (χ4n) is 9.49. The molecule has 6 nitrogen and oxygen atoms in total. The zero-order chi connectivity index (χ0) is 57.8. The zero-order valence-corrected chi connectivity index (χ0v) is 52.6. The van der Waals surface area contributed by atoms with E-state index in [0.29, 0.717) is 19.3 Å². The van der Waals surface area contributed by atoms with Gasteiger partial charge in [0.15, 0.2) is 6.10 Å². The van der Waals surface area contributed by atoms with Gasteiger partial charge in [-0.15, -0.1) is 0 Å². The Morgan fingerprint density at radius 1 is 0.263 bits per heavy atom. The molecule has 0 heterocycles. The minimum absolute atomic E-state index is 0.0801. The smallest absolute Gasteiger partial charge is 0.306 e. The molecule has 0 aliphatic heterocycles. The van der Waals surface area contributed by atoms with E-state index in [0.717, 1.165) is 122 Å². The van der Waals surface area contributed by atoms with Gasteiger partial charge < -0.3 is 14.2 Å². The summed E-state index contributed by atoms with van der Waals surface area (Å²) in [6.07, 6.45) is 92.6. The van der Waals surface area contributed by atoms with E-state index in [2.05, 4.69) is 130 Å². The second-order valence-corrected chi connectivity index (χ2v) is 22.3. The van der Waals surface area contributed by atoms with Crippen LogP contribution in [0.2, 0.25) is 0 Å². The van der Waals surface area contributed by atoms with Gasteiger partial charge in [0.1, 0.15) is 13.2 Å². The van der Waals surface area contributed by atoms with E-state index in [1.54, 1.807) is 0 Å². The zero-order valence-electron chi connectivity index (χ0n) is 52.6. The van der Waals surface area contributed by atoms with Crippen molar-refractivity contribution in [2.24, 2.45) is 0 Å². The molecule has 0 saturated heterocycles. The van der Waals surface area contributed by atoms with Crippen molar-refractivity contribution in [3.8, 4) is 0 Å². The van der Waals surface area contributed by atoms with Crippen LogP contribution in [0.15, 0.2) is 109 Å². The molecule has 0 bridgehead atoms. The summed E-state index contributed by atoms with van der Waals surface area (Å²) in [6, 6.07) is 0. The molecule has 0 amide bonds. The van der Waals surface area contributed by atoms with Crippen LogP contribution in [-0.2, 0) is 28.6 Å². The molecule has 6 heteroatoms. The fraction of sp³-hybridized carbons (Fsp3) is 0.716. The van der Waals surface area contributed by atoms with Crippen molar-refractivity contribution in [2.45, 2.75) is 329 Å². The molecule has 80 heavy (non-hydrogen) atoms. The summed E-state index contributed by atoms with van der Waals surface area (Å²) in [4.78, 5) is 38.3. The standard InChI is InChI=1S/C74H126O6/c1-4-7-10-13-16-19-22-24-26-28-30-32-34-36-37-39-40-42-44-46-48-50-52-55-58-61-64-67-73(76)79-70-71(69-78-72(75)66-63-60-57-54-21-18-15-12-9-6-3)80-74(77)68-65-62-59-56-53-51-49-47-45-43-41-38-35-33-31-29-27-25-23-20-17-14-11-8-5-2/h7-8,10-12,15-17,19-20,24-27,30-33,71H,4-6,9,13-14,18,21-23,28-29,34-70H2,1-3H3/b10-7-,11-8-,15-12-,19-16-,20-17-,26-24-,27-25-,32-30-,33-31-. The molecule has 0 rings (SSSR count). The molecule has 0 aromatic heterocycles. The average Bonchev–Trinajstić information content (AvgIpc) is 3.46. The predicted molar refractivity (Wildman–Crippen MR) is 348 cm³/mol. The average molecular weight is 1110 g/mol. The lowest BCUT2D eigenvalue weighted by molar-refractivity contribution is -0.167. The number of esters is 3. The lowest BCUT2D eigenvalue weighted by atomic mass is 10.0. The van der Waals surface area contributed by atoms with Crippen molar-refractivity contribution >= 4 is 17.9 Å². The van der Waals surface area contributed by atoms with E-state index in [1.165, 1.54) is 161 Å². The lowest BCUT2D eigenvalue weighted by Crippen LogP contribution is -2.30. The SMILES string of the molecule is CC/C=C\C/C=C\C/C=C\C/C=C\CCCCCCCCCCCCCCCCC(=O)OCC(COC(=O)CCCCCCC/C=C\CCC)OC(=O)CCCCCCCCCCCCCC/C=C\C/C=C\C/C=C\C/C=C\CC. The van der Waals surface area contributed by atoms with Gasteiger partial charge in [-0.1, -0.05) is 297 Å². The van der Waals surface area contributed by atoms with Crippen LogP contribution in [-0.4, -0.2) is 37.2 Å². The summed E-state index contributed by atoms with van der Waals surface area (Å²) in [5.41, 5.74) is 0. The third-order valence-corrected chi connectivity index (χ3v) is 14.5. The highest BCUT2D eigenvalue weighted by molar-refractivity contribution is 5.71. The largest absolute Gasteiger partial charge is 0.462 e. The molecule has 0 aliphatic rings. The summed E-state index contributed by atoms with van der Waals surface area (Å²) in [5, 5.41) is 0. The first kappa shape index (κ1) is 76.1. The fourth-order valence-corrected chi connectivity index (χ4v) is 9.49. The van der Waals surface area contributed by atoms with Gasteiger partial charge in [0, 0.05) is 19.3 Å². The van der Waals surface area contributed by atoms with Crippen molar-refractivity contribution < 1.29 is 28.6 Å². The Bertz CT molecular complexity index is 1610. The maximum absolute atomic E-state index is 12.9. The number of hydrogen-bond donors (Lipinski definition) is 0. The minimum atomic E-state index is -0.784. The first-order valence-corrected chi connectivity index (χ1v) is 33.9. The molecule has 1 unspecified atom stereocenters. The second-order valence-electron chi connectivity index (χ2n) is 22.3. The highest BCUT2D eigenvalue weighted by atomic mass is 16.6. The number of carbonyl (C=O) groups is 3. The van der Waals surface area contributed by atoms with Gasteiger partial charge in [0.2, 0.25) is 0 Å². The third-order valence-electron chi connectivity index (χ3n) is 14.5. The van der Waals surface area contributed by atoms with E-state index < -0.39 is 6.10 Å². The summed E-state index contributed by atoms with van der Waals surface area (Å²) < 4.78 is 16.9. The summed E-state index contributed by atoms with van der Waals surface area (Å²) >= 11 is 0. The molecular formula is C74H126O6. The van der Waals surface area contributed by atoms with Gasteiger partial charge in [0.25, 0.3) is 0 Å². The summed E-state index contributed by atoms with van der Waals surface area (Å²) in [5.74, 6) is -0.883. The second kappa shape index (κ2) is 67.6. The first-order chi connectivity index (χ1) is 39.5. The maximum Gasteiger partial charge on any atom is 0.306 e. The van der Waals surface area contributed by atoms with E-state index in [4.69, 9.17) is 14.2 Å². The Labute approximate surface area is 495 Å². The van der Waals surface area contributed by atoms with Crippen molar-refractivity contribution in [1.29, 1.82) is 0 Å². The van der Waals surface area contributed by atoms with E-state index in [1.807, 2.05) is 0 Å². The Kier molecular flexibility index (Phi) is 64.3. The van der Waals surface area contributed by atoms with Gasteiger partial charge in [-0.2, -0.15) is 0 Å². The van der Waals surface area contributed by atoms with Gasteiger partial charge in [0.05, 0.1) is 0 Å². The number of ether oxygens (including phenoxy) is 3. The first-order valence-electron chi connectivity index (χ1n) is 33.9. The van der Waals surface area contributed by atoms with E-state index >= 15 is 0 Å². The molecule has 0 radical (unpaired) electrons. The Hall–Kier alpha value is -3.93. The Morgan fingerprint density at radius 3 is 0.775 bits per heavy atom. The van der Waals surface area contributed by atoms with Crippen molar-refractivity contribution in [1.82, 2.24) is 0 Å². The van der Waals surface area contributed by atoms with Crippen LogP contribution in [0.1, 0.15) is 323 Å². The van der Waals surface area contributed by atoms with Gasteiger partial charge >= 0.3 is 17.9 Å². The topological polar surface area (TPSA) is 78.9 Å². The highest BCUT2D eigenvalue weighted by Gasteiger charge is 2.19. The van der Waals surface area contributed by atoms with Crippen molar-refractivity contribution in [3.63, 3.8) is 0 Å². The molecular weight excluding hydrogens is 985 g/mol. The van der Waals surface area contributed by atoms with Crippen LogP contribution in [0.25, 0.3) is 0 Å². The molecule has 0 spiro atoms. The van der Waals surface area contributed by atoms with Gasteiger partial charge in [-0.05, 0) is 116 Å². The monoisotopic (exact) mass is 1110 g/mol. The van der Waals surface area contributed by atoms with Crippen molar-refractivity contribution in [2.75, 3.05) is 13.2 Å². The molecule has 0 N–H and O–H groups in total. The van der Waals surface area contributed by atoms with Crippen LogP contribution in [0.3, 0.4) is 0 Å². The molecule has 458 valence electrons. The van der Waals surface area contributed by atoms with Crippen molar-refractivity contribution in [3.05, 3.63) is 109 Å². The molecule has 0 fully saturated rings.